The van der Waals surface area contributed by atoms with Crippen molar-refractivity contribution in [1.29, 1.82) is 0 Å². The first-order valence-electron chi connectivity index (χ1n) is 12.2. The van der Waals surface area contributed by atoms with Gasteiger partial charge in [0.25, 0.3) is 5.91 Å². The molecular weight excluding hydrogens is 400 g/mol. The Morgan fingerprint density at radius 3 is 2.47 bits per heavy atom. The lowest BCUT2D eigenvalue weighted by atomic mass is 9.89. The third-order valence-corrected chi connectivity index (χ3v) is 7.57. The minimum Gasteiger partial charge on any atom is -0.496 e. The maximum atomic E-state index is 13.3. The summed E-state index contributed by atoms with van der Waals surface area (Å²) < 4.78 is 13.4. The predicted molar refractivity (Wildman–Crippen MR) is 129 cm³/mol. The van der Waals surface area contributed by atoms with E-state index in [0.717, 1.165) is 60.9 Å². The molecule has 1 aliphatic heterocycles. The van der Waals surface area contributed by atoms with Crippen molar-refractivity contribution in [3.63, 3.8) is 0 Å². The number of carbonyl (C=O) groups is 1. The molecule has 2 aromatic rings. The van der Waals surface area contributed by atoms with Gasteiger partial charge in [0.15, 0.2) is 0 Å². The zero-order valence-electron chi connectivity index (χ0n) is 20.1. The highest BCUT2D eigenvalue weighted by Crippen LogP contribution is 2.35. The molecule has 2 aliphatic rings. The molecule has 0 atom stereocenters. The van der Waals surface area contributed by atoms with E-state index in [2.05, 4.69) is 42.8 Å². The molecule has 1 amide bonds. The molecule has 1 aromatic heterocycles. The molecule has 0 radical (unpaired) electrons. The zero-order chi connectivity index (χ0) is 22.7. The van der Waals surface area contributed by atoms with Gasteiger partial charge in [0.2, 0.25) is 0 Å². The Kier molecular flexibility index (Phi) is 7.24. The van der Waals surface area contributed by atoms with Crippen molar-refractivity contribution in [3.8, 4) is 17.0 Å². The van der Waals surface area contributed by atoms with Gasteiger partial charge in [-0.05, 0) is 81.7 Å². The fourth-order valence-electron chi connectivity index (χ4n) is 5.36. The minimum absolute atomic E-state index is 0.0425. The number of ether oxygens (including phenoxy) is 2. The van der Waals surface area contributed by atoms with Crippen molar-refractivity contribution in [2.45, 2.75) is 78.3 Å². The summed E-state index contributed by atoms with van der Waals surface area (Å²) in [6.45, 7) is 8.80. The molecule has 32 heavy (non-hydrogen) atoms. The summed E-state index contributed by atoms with van der Waals surface area (Å²) in [4.78, 5) is 13.3. The second kappa shape index (κ2) is 10.1. The second-order valence-corrected chi connectivity index (χ2v) is 9.57. The van der Waals surface area contributed by atoms with Crippen molar-refractivity contribution in [3.05, 3.63) is 40.6 Å². The smallest absolute Gasteiger partial charge is 0.253 e. The Hall–Kier alpha value is -2.27. The molecule has 1 saturated heterocycles. The van der Waals surface area contributed by atoms with Crippen LogP contribution in [0.15, 0.2) is 18.2 Å². The number of hydrogen-bond acceptors (Lipinski definition) is 3. The Bertz CT molecular complexity index is 950. The molecule has 5 heteroatoms. The Labute approximate surface area is 192 Å². The largest absolute Gasteiger partial charge is 0.496 e. The van der Waals surface area contributed by atoms with E-state index in [-0.39, 0.29) is 11.9 Å². The number of amides is 1. The maximum absolute atomic E-state index is 13.3. The van der Waals surface area contributed by atoms with Crippen molar-refractivity contribution in [2.75, 3.05) is 20.3 Å². The normalized spacial score (nSPS) is 18.0. The van der Waals surface area contributed by atoms with Gasteiger partial charge in [-0.1, -0.05) is 19.3 Å². The van der Waals surface area contributed by atoms with E-state index in [1.165, 1.54) is 43.2 Å². The van der Waals surface area contributed by atoms with Crippen LogP contribution in [0.2, 0.25) is 0 Å². The Balaban J connectivity index is 1.71. The number of carbonyl (C=O) groups excluding carboxylic acids is 1. The van der Waals surface area contributed by atoms with Gasteiger partial charge in [-0.3, -0.25) is 4.79 Å². The number of nitrogens with zero attached hydrogens (tertiary/aromatic N) is 1. The molecule has 1 saturated carbocycles. The van der Waals surface area contributed by atoms with E-state index in [1.807, 2.05) is 6.07 Å². The third-order valence-electron chi connectivity index (χ3n) is 7.57. The standard InChI is InChI=1S/C27H38N2O3/c1-18-19(2)26(31-4)11-10-23(18)25-16-24(27(30)28-22-12-14-32-15-13-22)20(3)29(25)17-21-8-6-5-7-9-21/h10-11,16,21-22H,5-9,12-15,17H2,1-4H3,(H,28,30). The van der Waals surface area contributed by atoms with Gasteiger partial charge in [-0.25, -0.2) is 0 Å². The summed E-state index contributed by atoms with van der Waals surface area (Å²) in [5.74, 6) is 1.63. The van der Waals surface area contributed by atoms with Gasteiger partial charge in [-0.15, -0.1) is 0 Å². The first kappa shape index (κ1) is 22.9. The monoisotopic (exact) mass is 438 g/mol. The van der Waals surface area contributed by atoms with Crippen LogP contribution in [0.1, 0.15) is 72.1 Å². The second-order valence-electron chi connectivity index (χ2n) is 9.57. The number of nitrogens with one attached hydrogen (secondary N) is 1. The van der Waals surface area contributed by atoms with Gasteiger partial charge >= 0.3 is 0 Å². The van der Waals surface area contributed by atoms with Crippen LogP contribution in [0.5, 0.6) is 5.75 Å². The van der Waals surface area contributed by atoms with Crippen LogP contribution in [0.3, 0.4) is 0 Å². The summed E-state index contributed by atoms with van der Waals surface area (Å²) >= 11 is 0. The van der Waals surface area contributed by atoms with Gasteiger partial charge < -0.3 is 19.4 Å². The lowest BCUT2D eigenvalue weighted by Crippen LogP contribution is -2.39. The lowest BCUT2D eigenvalue weighted by molar-refractivity contribution is 0.0696. The first-order chi connectivity index (χ1) is 15.5. The molecule has 2 fully saturated rings. The van der Waals surface area contributed by atoms with E-state index < -0.39 is 0 Å². The average molecular weight is 439 g/mol. The van der Waals surface area contributed by atoms with Gasteiger partial charge in [0, 0.05) is 42.8 Å². The van der Waals surface area contributed by atoms with Crippen LogP contribution < -0.4 is 10.1 Å². The quantitative estimate of drug-likeness (QED) is 0.641. The Morgan fingerprint density at radius 2 is 1.78 bits per heavy atom. The summed E-state index contributed by atoms with van der Waals surface area (Å²) in [5, 5.41) is 3.26. The molecule has 5 nitrogen and oxygen atoms in total. The van der Waals surface area contributed by atoms with Crippen LogP contribution in [-0.2, 0) is 11.3 Å². The number of aromatic nitrogens is 1. The van der Waals surface area contributed by atoms with Crippen LogP contribution >= 0.6 is 0 Å². The summed E-state index contributed by atoms with van der Waals surface area (Å²) in [7, 11) is 1.72. The molecule has 1 N–H and O–H groups in total. The van der Waals surface area contributed by atoms with E-state index in [9.17, 15) is 4.79 Å². The fraction of sp³-hybridized carbons (Fsp3) is 0.593. The number of methoxy groups -OCH3 is 1. The lowest BCUT2D eigenvalue weighted by Gasteiger charge is -2.25. The van der Waals surface area contributed by atoms with Crippen LogP contribution in [-0.4, -0.2) is 36.8 Å². The van der Waals surface area contributed by atoms with Crippen molar-refractivity contribution in [2.24, 2.45) is 5.92 Å². The van der Waals surface area contributed by atoms with Gasteiger partial charge in [0.1, 0.15) is 5.75 Å². The molecule has 4 rings (SSSR count). The van der Waals surface area contributed by atoms with Crippen molar-refractivity contribution < 1.29 is 14.3 Å². The molecule has 1 aromatic carbocycles. The van der Waals surface area contributed by atoms with Crippen LogP contribution in [0, 0.1) is 26.7 Å². The van der Waals surface area contributed by atoms with E-state index in [1.54, 1.807) is 7.11 Å². The molecule has 0 spiro atoms. The molecular formula is C27H38N2O3. The predicted octanol–water partition coefficient (Wildman–Crippen LogP) is 5.58. The first-order valence-corrected chi connectivity index (χ1v) is 12.2. The van der Waals surface area contributed by atoms with Crippen molar-refractivity contribution in [1.82, 2.24) is 9.88 Å². The summed E-state index contributed by atoms with van der Waals surface area (Å²) in [6, 6.07) is 6.51. The highest BCUT2D eigenvalue weighted by molar-refractivity contribution is 5.97. The zero-order valence-corrected chi connectivity index (χ0v) is 20.1. The van der Waals surface area contributed by atoms with Gasteiger partial charge in [-0.2, -0.15) is 0 Å². The molecule has 2 heterocycles. The molecule has 174 valence electrons. The van der Waals surface area contributed by atoms with Crippen LogP contribution in [0.4, 0.5) is 0 Å². The maximum Gasteiger partial charge on any atom is 0.253 e. The minimum atomic E-state index is 0.0425. The molecule has 0 unspecified atom stereocenters. The van der Waals surface area contributed by atoms with Crippen LogP contribution in [0.25, 0.3) is 11.3 Å². The highest BCUT2D eigenvalue weighted by atomic mass is 16.5. The fourth-order valence-corrected chi connectivity index (χ4v) is 5.36. The van der Waals surface area contributed by atoms with E-state index >= 15 is 0 Å². The number of benzene rings is 1. The van der Waals surface area contributed by atoms with E-state index in [4.69, 9.17) is 9.47 Å². The summed E-state index contributed by atoms with van der Waals surface area (Å²) in [5.41, 5.74) is 6.57. The average Bonchev–Trinajstić information content (AvgIpc) is 3.13. The summed E-state index contributed by atoms with van der Waals surface area (Å²) in [6.07, 6.45) is 8.32. The Morgan fingerprint density at radius 1 is 1.06 bits per heavy atom. The highest BCUT2D eigenvalue weighted by Gasteiger charge is 2.25. The molecule has 1 aliphatic carbocycles. The third kappa shape index (κ3) is 4.73. The SMILES string of the molecule is COc1ccc(-c2cc(C(=O)NC3CCOCC3)c(C)n2CC2CCCCC2)c(C)c1C. The topological polar surface area (TPSA) is 52.5 Å². The van der Waals surface area contributed by atoms with E-state index in [0.29, 0.717) is 5.92 Å². The van der Waals surface area contributed by atoms with Gasteiger partial charge in [0.05, 0.1) is 12.7 Å². The molecule has 0 bridgehead atoms. The number of rotatable bonds is 6. The number of hydrogen-bond donors (Lipinski definition) is 1. The van der Waals surface area contributed by atoms with Crippen molar-refractivity contribution >= 4 is 5.91 Å².